The van der Waals surface area contributed by atoms with E-state index in [-0.39, 0.29) is 23.6 Å². The summed E-state index contributed by atoms with van der Waals surface area (Å²) in [7, 11) is 1.40. The second-order valence-electron chi connectivity index (χ2n) is 5.38. The molecule has 0 saturated heterocycles. The van der Waals surface area contributed by atoms with E-state index in [0.717, 1.165) is 0 Å². The molecule has 0 fully saturated rings. The number of carbonyl (C=O) groups is 1. The van der Waals surface area contributed by atoms with E-state index in [1.54, 1.807) is 22.9 Å². The molecule has 1 atom stereocenters. The molecule has 0 aromatic carbocycles. The molecule has 21 heavy (non-hydrogen) atoms. The van der Waals surface area contributed by atoms with E-state index in [2.05, 4.69) is 15.9 Å². The number of carbonyl (C=O) groups excluding carboxylic acids is 1. The van der Waals surface area contributed by atoms with Gasteiger partial charge in [0, 0.05) is 18.2 Å². The molecule has 0 saturated carbocycles. The third-order valence-corrected chi connectivity index (χ3v) is 4.47. The highest BCUT2D eigenvalue weighted by atomic mass is 79.9. The van der Waals surface area contributed by atoms with Crippen molar-refractivity contribution in [3.05, 3.63) is 38.7 Å². The zero-order chi connectivity index (χ0) is 15.6. The average molecular weight is 356 g/mol. The molecule has 0 aliphatic carbocycles. The van der Waals surface area contributed by atoms with Gasteiger partial charge in [0.2, 0.25) is 5.43 Å². The van der Waals surface area contributed by atoms with Crippen LogP contribution in [-0.2, 0) is 6.54 Å². The fraction of sp³-hybridized carbons (Fsp3) is 0.467. The maximum absolute atomic E-state index is 12.8. The molecular formula is C15H18BrNO4. The van der Waals surface area contributed by atoms with Crippen LogP contribution in [0.5, 0.6) is 5.75 Å². The Labute approximate surface area is 131 Å². The van der Waals surface area contributed by atoms with Crippen LogP contribution in [0.2, 0.25) is 0 Å². The van der Waals surface area contributed by atoms with Gasteiger partial charge in [-0.1, -0.05) is 19.1 Å². The maximum Gasteiger partial charge on any atom is 0.238 e. The van der Waals surface area contributed by atoms with Gasteiger partial charge >= 0.3 is 0 Å². The molecule has 1 unspecified atom stereocenters. The molecule has 0 bridgehead atoms. The normalized spacial score (nSPS) is 21.6. The number of methoxy groups -OCH3 is 1. The Kier molecular flexibility index (Phi) is 4.68. The van der Waals surface area contributed by atoms with Crippen molar-refractivity contribution in [2.75, 3.05) is 13.7 Å². The summed E-state index contributed by atoms with van der Waals surface area (Å²) >= 11 is 3.20. The van der Waals surface area contributed by atoms with Gasteiger partial charge in [-0.15, -0.1) is 0 Å². The van der Waals surface area contributed by atoms with E-state index in [4.69, 9.17) is 9.84 Å². The third-order valence-electron chi connectivity index (χ3n) is 3.91. The van der Waals surface area contributed by atoms with Gasteiger partial charge in [-0.05, 0) is 28.8 Å². The number of aliphatic hydroxyl groups excluding tert-OH is 1. The van der Waals surface area contributed by atoms with Crippen LogP contribution in [0.1, 0.15) is 30.3 Å². The van der Waals surface area contributed by atoms with E-state index in [1.165, 1.54) is 7.11 Å². The minimum absolute atomic E-state index is 0.0451. The van der Waals surface area contributed by atoms with Crippen LogP contribution in [0.15, 0.2) is 27.6 Å². The SMILES string of the molecule is COc1c2n(cc(Br)c1=O)CCC(C)(C/C=C\CO)C2=O. The van der Waals surface area contributed by atoms with Crippen LogP contribution in [-0.4, -0.2) is 29.2 Å². The van der Waals surface area contributed by atoms with Gasteiger partial charge in [0.1, 0.15) is 5.69 Å². The molecule has 1 aromatic heterocycles. The number of aryl methyl sites for hydroxylation is 1. The second kappa shape index (κ2) is 6.15. The highest BCUT2D eigenvalue weighted by Crippen LogP contribution is 2.38. The smallest absolute Gasteiger partial charge is 0.238 e. The number of rotatable bonds is 4. The Morgan fingerprint density at radius 2 is 2.19 bits per heavy atom. The average Bonchev–Trinajstić information content (AvgIpc) is 2.46. The Hall–Kier alpha value is -1.40. The van der Waals surface area contributed by atoms with Crippen molar-refractivity contribution in [3.63, 3.8) is 0 Å². The zero-order valence-corrected chi connectivity index (χ0v) is 13.6. The number of ether oxygens (including phenoxy) is 1. The Bertz CT molecular complexity index is 650. The Morgan fingerprint density at radius 3 is 2.81 bits per heavy atom. The van der Waals surface area contributed by atoms with Crippen LogP contribution < -0.4 is 10.2 Å². The van der Waals surface area contributed by atoms with Crippen molar-refractivity contribution in [1.29, 1.82) is 0 Å². The van der Waals surface area contributed by atoms with E-state index in [0.29, 0.717) is 29.6 Å². The summed E-state index contributed by atoms with van der Waals surface area (Å²) in [6.45, 7) is 2.48. The summed E-state index contributed by atoms with van der Waals surface area (Å²) in [5, 5.41) is 8.81. The lowest BCUT2D eigenvalue weighted by molar-refractivity contribution is 0.0745. The zero-order valence-electron chi connectivity index (χ0n) is 12.1. The van der Waals surface area contributed by atoms with Gasteiger partial charge in [-0.3, -0.25) is 9.59 Å². The number of hydrogen-bond acceptors (Lipinski definition) is 4. The minimum Gasteiger partial charge on any atom is -0.491 e. The summed E-state index contributed by atoms with van der Waals surface area (Å²) < 4.78 is 7.33. The number of ketones is 1. The summed E-state index contributed by atoms with van der Waals surface area (Å²) in [4.78, 5) is 24.9. The molecule has 2 rings (SSSR count). The quantitative estimate of drug-likeness (QED) is 0.840. The highest BCUT2D eigenvalue weighted by molar-refractivity contribution is 9.10. The minimum atomic E-state index is -0.584. The Balaban J connectivity index is 2.50. The number of hydrogen-bond donors (Lipinski definition) is 1. The number of aromatic nitrogens is 1. The molecule has 114 valence electrons. The number of allylic oxidation sites excluding steroid dienone is 1. The van der Waals surface area contributed by atoms with E-state index in [9.17, 15) is 9.59 Å². The second-order valence-corrected chi connectivity index (χ2v) is 6.23. The first-order valence-electron chi connectivity index (χ1n) is 6.72. The summed E-state index contributed by atoms with van der Waals surface area (Å²) in [6, 6.07) is 0. The van der Waals surface area contributed by atoms with Crippen LogP contribution in [0, 0.1) is 5.41 Å². The Morgan fingerprint density at radius 1 is 1.48 bits per heavy atom. The largest absolute Gasteiger partial charge is 0.491 e. The molecule has 6 heteroatoms. The van der Waals surface area contributed by atoms with Gasteiger partial charge in [0.15, 0.2) is 11.5 Å². The van der Waals surface area contributed by atoms with Gasteiger partial charge in [-0.2, -0.15) is 0 Å². The lowest BCUT2D eigenvalue weighted by Crippen LogP contribution is -2.38. The van der Waals surface area contributed by atoms with Crippen LogP contribution in [0.25, 0.3) is 0 Å². The number of aliphatic hydroxyl groups is 1. The van der Waals surface area contributed by atoms with Crippen LogP contribution in [0.4, 0.5) is 0 Å². The number of Topliss-reactive ketones (excluding diaryl/α,β-unsaturated/α-hetero) is 1. The molecule has 1 aliphatic heterocycles. The number of halogens is 1. The fourth-order valence-electron chi connectivity index (χ4n) is 2.59. The van der Waals surface area contributed by atoms with E-state index < -0.39 is 5.41 Å². The summed E-state index contributed by atoms with van der Waals surface area (Å²) in [5.74, 6) is -0.00997. The molecular weight excluding hydrogens is 338 g/mol. The van der Waals surface area contributed by atoms with Crippen molar-refractivity contribution in [2.24, 2.45) is 5.41 Å². The molecule has 0 spiro atoms. The number of fused-ring (bicyclic) bond motifs is 1. The molecule has 1 aliphatic rings. The summed E-state index contributed by atoms with van der Waals surface area (Å²) in [5.41, 5.74) is -0.566. The van der Waals surface area contributed by atoms with E-state index >= 15 is 0 Å². The first kappa shape index (κ1) is 16.0. The van der Waals surface area contributed by atoms with E-state index in [1.807, 2.05) is 6.92 Å². The predicted molar refractivity (Wildman–Crippen MR) is 82.9 cm³/mol. The number of nitrogens with zero attached hydrogens (tertiary/aromatic N) is 1. The molecule has 0 amide bonds. The monoisotopic (exact) mass is 355 g/mol. The lowest BCUT2D eigenvalue weighted by atomic mass is 9.75. The first-order chi connectivity index (χ1) is 9.94. The summed E-state index contributed by atoms with van der Waals surface area (Å²) in [6.07, 6.45) is 6.27. The van der Waals surface area contributed by atoms with Gasteiger partial charge in [0.25, 0.3) is 0 Å². The molecule has 2 heterocycles. The van der Waals surface area contributed by atoms with Crippen molar-refractivity contribution < 1.29 is 14.6 Å². The fourth-order valence-corrected chi connectivity index (χ4v) is 3.01. The third kappa shape index (κ3) is 2.82. The number of pyridine rings is 1. The van der Waals surface area contributed by atoms with Gasteiger partial charge in [-0.25, -0.2) is 0 Å². The first-order valence-corrected chi connectivity index (χ1v) is 7.51. The topological polar surface area (TPSA) is 68.5 Å². The van der Waals surface area contributed by atoms with Crippen molar-refractivity contribution in [1.82, 2.24) is 4.57 Å². The standard InChI is InChI=1S/C15H18BrNO4/c1-15(5-3-4-8-18)6-7-17-9-10(16)12(19)13(21-2)11(17)14(15)20/h3-4,9,18H,5-8H2,1-2H3/b4-3-. The van der Waals surface area contributed by atoms with Crippen LogP contribution in [0.3, 0.4) is 0 Å². The van der Waals surface area contributed by atoms with Gasteiger partial charge in [0.05, 0.1) is 18.2 Å². The lowest BCUT2D eigenvalue weighted by Gasteiger charge is -2.34. The van der Waals surface area contributed by atoms with Crippen LogP contribution >= 0.6 is 15.9 Å². The maximum atomic E-state index is 12.8. The molecule has 5 nitrogen and oxygen atoms in total. The van der Waals surface area contributed by atoms with Crippen molar-refractivity contribution in [3.8, 4) is 5.75 Å². The predicted octanol–water partition coefficient (Wildman–Crippen LogP) is 2.15. The van der Waals surface area contributed by atoms with Gasteiger partial charge < -0.3 is 14.4 Å². The van der Waals surface area contributed by atoms with Crippen molar-refractivity contribution in [2.45, 2.75) is 26.3 Å². The highest BCUT2D eigenvalue weighted by Gasteiger charge is 2.40. The molecule has 1 aromatic rings. The molecule has 1 N–H and O–H groups in total. The molecule has 0 radical (unpaired) electrons. The van der Waals surface area contributed by atoms with Crippen molar-refractivity contribution >= 4 is 21.7 Å².